The van der Waals surface area contributed by atoms with Gasteiger partial charge in [-0.05, 0) is 30.3 Å². The minimum absolute atomic E-state index is 0.238. The molecule has 0 saturated carbocycles. The fourth-order valence-electron chi connectivity index (χ4n) is 2.13. The largest absolute Gasteiger partial charge is 0.497 e. The smallest absolute Gasteiger partial charge is 0.257 e. The molecule has 0 saturated heterocycles. The molecule has 3 aromatic rings. The van der Waals surface area contributed by atoms with Crippen molar-refractivity contribution in [3.8, 4) is 5.75 Å². The fraction of sp³-hybridized carbons (Fsp3) is 0.133. The Morgan fingerprint density at radius 3 is 2.95 bits per heavy atom. The molecule has 0 bridgehead atoms. The lowest BCUT2D eigenvalue weighted by Gasteiger charge is -2.04. The van der Waals surface area contributed by atoms with Gasteiger partial charge in [-0.1, -0.05) is 6.07 Å². The lowest BCUT2D eigenvalue weighted by molar-refractivity contribution is 0.102. The Morgan fingerprint density at radius 2 is 2.14 bits per heavy atom. The zero-order chi connectivity index (χ0) is 14.8. The number of benzene rings is 1. The molecule has 2 heterocycles. The molecule has 0 fully saturated rings. The Kier molecular flexibility index (Phi) is 3.27. The van der Waals surface area contributed by atoms with Crippen molar-refractivity contribution in [3.05, 3.63) is 48.2 Å². The van der Waals surface area contributed by atoms with Gasteiger partial charge < -0.3 is 10.1 Å². The number of carbonyl (C=O) groups excluding carboxylic acids is 1. The number of amides is 1. The molecule has 0 unspecified atom stereocenters. The number of hydrogen-bond donors (Lipinski definition) is 1. The van der Waals surface area contributed by atoms with E-state index in [4.69, 9.17) is 4.74 Å². The number of anilines is 1. The van der Waals surface area contributed by atoms with Gasteiger partial charge >= 0.3 is 0 Å². The number of fused-ring (bicyclic) bond motifs is 1. The molecule has 3 rings (SSSR count). The third-order valence-corrected chi connectivity index (χ3v) is 3.16. The summed E-state index contributed by atoms with van der Waals surface area (Å²) in [5.74, 6) is 0.890. The number of aryl methyl sites for hydroxylation is 1. The van der Waals surface area contributed by atoms with Gasteiger partial charge in [0, 0.05) is 18.8 Å². The summed E-state index contributed by atoms with van der Waals surface area (Å²) in [7, 11) is 3.35. The normalized spacial score (nSPS) is 10.6. The van der Waals surface area contributed by atoms with Gasteiger partial charge in [0.2, 0.25) is 0 Å². The molecule has 0 aliphatic heterocycles. The van der Waals surface area contributed by atoms with Crippen LogP contribution in [0.3, 0.4) is 0 Å². The van der Waals surface area contributed by atoms with E-state index in [0.717, 1.165) is 11.0 Å². The van der Waals surface area contributed by atoms with E-state index < -0.39 is 0 Å². The van der Waals surface area contributed by atoms with Crippen LogP contribution in [0.5, 0.6) is 5.75 Å². The van der Waals surface area contributed by atoms with Crippen molar-refractivity contribution in [2.45, 2.75) is 0 Å². The molecule has 6 heteroatoms. The summed E-state index contributed by atoms with van der Waals surface area (Å²) >= 11 is 0. The lowest BCUT2D eigenvalue weighted by atomic mass is 10.2. The van der Waals surface area contributed by atoms with Crippen LogP contribution < -0.4 is 10.1 Å². The van der Waals surface area contributed by atoms with Crippen molar-refractivity contribution < 1.29 is 9.53 Å². The van der Waals surface area contributed by atoms with Gasteiger partial charge in [-0.25, -0.2) is 9.67 Å². The first-order valence-electron chi connectivity index (χ1n) is 6.42. The van der Waals surface area contributed by atoms with Crippen LogP contribution in [0.4, 0.5) is 5.82 Å². The molecule has 1 amide bonds. The first-order chi connectivity index (χ1) is 10.2. The molecule has 21 heavy (non-hydrogen) atoms. The standard InChI is InChI=1S/C15H14N4O2/c1-19-14-12(7-4-8-16-14)13(18-19)17-15(20)10-5-3-6-11(9-10)21-2/h3-9H,1-2H3,(H,17,18,20). The van der Waals surface area contributed by atoms with Crippen molar-refractivity contribution in [2.75, 3.05) is 12.4 Å². The lowest BCUT2D eigenvalue weighted by Crippen LogP contribution is -2.12. The number of rotatable bonds is 3. The first kappa shape index (κ1) is 13.1. The molecule has 106 valence electrons. The van der Waals surface area contributed by atoms with Gasteiger partial charge in [-0.2, -0.15) is 5.10 Å². The van der Waals surface area contributed by atoms with Crippen molar-refractivity contribution in [1.82, 2.24) is 14.8 Å². The highest BCUT2D eigenvalue weighted by atomic mass is 16.5. The van der Waals surface area contributed by atoms with Crippen LogP contribution in [-0.4, -0.2) is 27.8 Å². The first-order valence-corrected chi connectivity index (χ1v) is 6.42. The van der Waals surface area contributed by atoms with Crippen molar-refractivity contribution in [1.29, 1.82) is 0 Å². The second kappa shape index (κ2) is 5.24. The van der Waals surface area contributed by atoms with Gasteiger partial charge in [0.25, 0.3) is 5.91 Å². The number of hydrogen-bond acceptors (Lipinski definition) is 4. The molecular weight excluding hydrogens is 268 g/mol. The summed E-state index contributed by atoms with van der Waals surface area (Å²) in [6.45, 7) is 0. The number of aromatic nitrogens is 3. The molecule has 1 aromatic carbocycles. The molecule has 1 N–H and O–H groups in total. The third-order valence-electron chi connectivity index (χ3n) is 3.16. The average Bonchev–Trinajstić information content (AvgIpc) is 2.84. The second-order valence-electron chi connectivity index (χ2n) is 4.53. The zero-order valence-electron chi connectivity index (χ0n) is 11.7. The number of ether oxygens (including phenoxy) is 1. The number of methoxy groups -OCH3 is 1. The summed E-state index contributed by atoms with van der Waals surface area (Å²) in [6, 6.07) is 10.6. The van der Waals surface area contributed by atoms with Crippen molar-refractivity contribution in [2.24, 2.45) is 7.05 Å². The average molecular weight is 282 g/mol. The highest BCUT2D eigenvalue weighted by Gasteiger charge is 2.13. The maximum absolute atomic E-state index is 12.3. The molecule has 0 aliphatic carbocycles. The number of nitrogens with zero attached hydrogens (tertiary/aromatic N) is 3. The van der Waals surface area contributed by atoms with Crippen molar-refractivity contribution >= 4 is 22.8 Å². The van der Waals surface area contributed by atoms with Crippen LogP contribution in [0, 0.1) is 0 Å². The van der Waals surface area contributed by atoms with Crippen LogP contribution in [0.25, 0.3) is 11.0 Å². The van der Waals surface area contributed by atoms with E-state index in [0.29, 0.717) is 17.1 Å². The van der Waals surface area contributed by atoms with Crippen molar-refractivity contribution in [3.63, 3.8) is 0 Å². The quantitative estimate of drug-likeness (QED) is 0.799. The zero-order valence-corrected chi connectivity index (χ0v) is 11.7. The summed E-state index contributed by atoms with van der Waals surface area (Å²) < 4.78 is 6.76. The fourth-order valence-corrected chi connectivity index (χ4v) is 2.13. The number of carbonyl (C=O) groups is 1. The van der Waals surface area contributed by atoms with E-state index in [9.17, 15) is 4.79 Å². The molecule has 6 nitrogen and oxygen atoms in total. The number of pyridine rings is 1. The Bertz CT molecular complexity index is 810. The predicted molar refractivity (Wildman–Crippen MR) is 79.5 cm³/mol. The maximum Gasteiger partial charge on any atom is 0.257 e. The Hall–Kier alpha value is -2.89. The van der Waals surface area contributed by atoms with Gasteiger partial charge in [0.15, 0.2) is 11.5 Å². The molecule has 0 aliphatic rings. The number of nitrogens with one attached hydrogen (secondary N) is 1. The highest BCUT2D eigenvalue weighted by molar-refractivity contribution is 6.07. The molecular formula is C15H14N4O2. The summed E-state index contributed by atoms with van der Waals surface area (Å²) in [6.07, 6.45) is 1.69. The van der Waals surface area contributed by atoms with E-state index >= 15 is 0 Å². The van der Waals surface area contributed by atoms with Gasteiger partial charge in [-0.3, -0.25) is 4.79 Å². The van der Waals surface area contributed by atoms with E-state index in [2.05, 4.69) is 15.4 Å². The third kappa shape index (κ3) is 2.43. The Labute approximate surface area is 121 Å². The van der Waals surface area contributed by atoms with Crippen LogP contribution in [0.2, 0.25) is 0 Å². The van der Waals surface area contributed by atoms with Crippen LogP contribution >= 0.6 is 0 Å². The SMILES string of the molecule is COc1cccc(C(=O)Nc2nn(C)c3ncccc23)c1. The van der Waals surface area contributed by atoms with E-state index in [1.54, 1.807) is 49.3 Å². The molecule has 0 spiro atoms. The van der Waals surface area contributed by atoms with Gasteiger partial charge in [-0.15, -0.1) is 0 Å². The van der Waals surface area contributed by atoms with Crippen LogP contribution in [0.1, 0.15) is 10.4 Å². The molecule has 0 radical (unpaired) electrons. The summed E-state index contributed by atoms with van der Waals surface area (Å²) in [5, 5.41) is 7.90. The van der Waals surface area contributed by atoms with Gasteiger partial charge in [0.1, 0.15) is 5.75 Å². The molecule has 0 atom stereocenters. The van der Waals surface area contributed by atoms with E-state index in [1.165, 1.54) is 0 Å². The summed E-state index contributed by atoms with van der Waals surface area (Å²) in [5.41, 5.74) is 1.23. The van der Waals surface area contributed by atoms with Crippen LogP contribution in [-0.2, 0) is 7.05 Å². The Balaban J connectivity index is 1.93. The second-order valence-corrected chi connectivity index (χ2v) is 4.53. The monoisotopic (exact) mass is 282 g/mol. The minimum Gasteiger partial charge on any atom is -0.497 e. The van der Waals surface area contributed by atoms with E-state index in [-0.39, 0.29) is 5.91 Å². The predicted octanol–water partition coefficient (Wildman–Crippen LogP) is 2.23. The highest BCUT2D eigenvalue weighted by Crippen LogP contribution is 2.21. The van der Waals surface area contributed by atoms with Gasteiger partial charge in [0.05, 0.1) is 12.5 Å². The topological polar surface area (TPSA) is 69.0 Å². The maximum atomic E-state index is 12.3. The summed E-state index contributed by atoms with van der Waals surface area (Å²) in [4.78, 5) is 16.5. The van der Waals surface area contributed by atoms with Crippen LogP contribution in [0.15, 0.2) is 42.6 Å². The minimum atomic E-state index is -0.238. The molecule has 2 aromatic heterocycles. The Morgan fingerprint density at radius 1 is 1.29 bits per heavy atom. The van der Waals surface area contributed by atoms with E-state index in [1.807, 2.05) is 12.1 Å².